The maximum Gasteiger partial charge on any atom is 0.145 e. The number of hydrogen-bond acceptors (Lipinski definition) is 4. The maximum atomic E-state index is 5.82. The van der Waals surface area contributed by atoms with E-state index in [2.05, 4.69) is 4.98 Å². The molecule has 0 saturated heterocycles. The number of hydrogen-bond donors (Lipinski definition) is 1. The summed E-state index contributed by atoms with van der Waals surface area (Å²) in [6, 6.07) is 5.73. The van der Waals surface area contributed by atoms with Crippen LogP contribution >= 0.6 is 11.3 Å². The summed E-state index contributed by atoms with van der Waals surface area (Å²) in [5.41, 5.74) is 7.54. The van der Waals surface area contributed by atoms with E-state index in [9.17, 15) is 0 Å². The number of para-hydroxylation sites is 1. The molecule has 1 aromatic carbocycles. The molecule has 0 amide bonds. The zero-order valence-corrected chi connectivity index (χ0v) is 9.25. The number of rotatable bonds is 3. The van der Waals surface area contributed by atoms with Crippen molar-refractivity contribution in [3.63, 3.8) is 0 Å². The summed E-state index contributed by atoms with van der Waals surface area (Å²) in [4.78, 5) is 4.14. The van der Waals surface area contributed by atoms with Crippen LogP contribution in [0.2, 0.25) is 0 Å². The minimum atomic E-state index is 0.479. The van der Waals surface area contributed by atoms with Gasteiger partial charge in [0.25, 0.3) is 0 Å². The molecule has 0 bridgehead atoms. The zero-order valence-electron chi connectivity index (χ0n) is 8.43. The number of ether oxygens (including phenoxy) is 1. The Balaban J connectivity index is 2.11. The number of nitrogens with zero attached hydrogens (tertiary/aromatic N) is 1. The fourth-order valence-corrected chi connectivity index (χ4v) is 1.86. The van der Waals surface area contributed by atoms with Crippen molar-refractivity contribution in [2.45, 2.75) is 13.5 Å². The van der Waals surface area contributed by atoms with E-state index in [0.29, 0.717) is 12.3 Å². The van der Waals surface area contributed by atoms with E-state index in [1.165, 1.54) is 0 Å². The van der Waals surface area contributed by atoms with Crippen LogP contribution in [-0.2, 0) is 6.61 Å². The summed E-state index contributed by atoms with van der Waals surface area (Å²) >= 11 is 1.58. The van der Waals surface area contributed by atoms with Crippen LogP contribution < -0.4 is 10.5 Å². The van der Waals surface area contributed by atoms with Gasteiger partial charge in [-0.05, 0) is 18.6 Å². The van der Waals surface area contributed by atoms with Crippen molar-refractivity contribution in [2.24, 2.45) is 0 Å². The van der Waals surface area contributed by atoms with Gasteiger partial charge in [0.15, 0.2) is 0 Å². The van der Waals surface area contributed by atoms with Gasteiger partial charge in [0.2, 0.25) is 0 Å². The standard InChI is InChI=1S/C11H12N2OS/c1-8-3-2-4-9(12)11(8)14-7-10-13-5-6-15-10/h2-6H,7,12H2,1H3. The van der Waals surface area contributed by atoms with Gasteiger partial charge in [-0.2, -0.15) is 0 Å². The molecule has 0 aliphatic rings. The second kappa shape index (κ2) is 4.31. The molecule has 3 nitrogen and oxygen atoms in total. The lowest BCUT2D eigenvalue weighted by molar-refractivity contribution is 0.305. The molecule has 1 aromatic heterocycles. The molecule has 1 heterocycles. The predicted molar refractivity (Wildman–Crippen MR) is 62.0 cm³/mol. The van der Waals surface area contributed by atoms with E-state index < -0.39 is 0 Å². The topological polar surface area (TPSA) is 48.1 Å². The number of thiazole rings is 1. The average Bonchev–Trinajstić information content (AvgIpc) is 2.70. The quantitative estimate of drug-likeness (QED) is 0.809. The molecule has 0 saturated carbocycles. The molecule has 0 fully saturated rings. The summed E-state index contributed by atoms with van der Waals surface area (Å²) in [7, 11) is 0. The molecular formula is C11H12N2OS. The van der Waals surface area contributed by atoms with Gasteiger partial charge < -0.3 is 10.5 Å². The first-order chi connectivity index (χ1) is 7.27. The summed E-state index contributed by atoms with van der Waals surface area (Å²) in [6.07, 6.45) is 1.77. The summed E-state index contributed by atoms with van der Waals surface area (Å²) in [6.45, 7) is 2.46. The van der Waals surface area contributed by atoms with E-state index in [1.54, 1.807) is 17.5 Å². The van der Waals surface area contributed by atoms with E-state index >= 15 is 0 Å². The van der Waals surface area contributed by atoms with Crippen LogP contribution in [0, 0.1) is 6.92 Å². The Morgan fingerprint density at radius 3 is 3.00 bits per heavy atom. The number of anilines is 1. The molecule has 15 heavy (non-hydrogen) atoms. The van der Waals surface area contributed by atoms with Gasteiger partial charge in [-0.15, -0.1) is 11.3 Å². The van der Waals surface area contributed by atoms with E-state index in [4.69, 9.17) is 10.5 Å². The Bertz CT molecular complexity index is 420. The molecule has 0 aliphatic carbocycles. The van der Waals surface area contributed by atoms with Crippen LogP contribution in [0.5, 0.6) is 5.75 Å². The number of benzene rings is 1. The van der Waals surface area contributed by atoms with Gasteiger partial charge in [0, 0.05) is 11.6 Å². The number of aromatic nitrogens is 1. The third kappa shape index (κ3) is 2.27. The average molecular weight is 220 g/mol. The molecule has 0 atom stereocenters. The fraction of sp³-hybridized carbons (Fsp3) is 0.182. The van der Waals surface area contributed by atoms with Crippen LogP contribution in [0.4, 0.5) is 5.69 Å². The lowest BCUT2D eigenvalue weighted by atomic mass is 10.2. The van der Waals surface area contributed by atoms with Crippen LogP contribution in [0.25, 0.3) is 0 Å². The van der Waals surface area contributed by atoms with Gasteiger partial charge in [-0.1, -0.05) is 12.1 Å². The van der Waals surface area contributed by atoms with Gasteiger partial charge >= 0.3 is 0 Å². The minimum absolute atomic E-state index is 0.479. The van der Waals surface area contributed by atoms with Crippen LogP contribution in [0.3, 0.4) is 0 Å². The molecule has 2 aromatic rings. The Kier molecular flexibility index (Phi) is 2.87. The summed E-state index contributed by atoms with van der Waals surface area (Å²) in [5.74, 6) is 0.757. The van der Waals surface area contributed by atoms with E-state index in [-0.39, 0.29) is 0 Å². The second-order valence-electron chi connectivity index (χ2n) is 3.21. The molecule has 78 valence electrons. The molecule has 2 N–H and O–H groups in total. The smallest absolute Gasteiger partial charge is 0.145 e. The monoisotopic (exact) mass is 220 g/mol. The third-order valence-corrected chi connectivity index (χ3v) is 2.82. The normalized spacial score (nSPS) is 10.2. The lowest BCUT2D eigenvalue weighted by Crippen LogP contribution is -1.99. The van der Waals surface area contributed by atoms with Crippen molar-refractivity contribution < 1.29 is 4.74 Å². The highest BCUT2D eigenvalue weighted by Crippen LogP contribution is 2.26. The van der Waals surface area contributed by atoms with Crippen molar-refractivity contribution in [1.82, 2.24) is 4.98 Å². The number of nitrogens with two attached hydrogens (primary N) is 1. The molecule has 0 aliphatic heterocycles. The highest BCUT2D eigenvalue weighted by Gasteiger charge is 2.04. The zero-order chi connectivity index (χ0) is 10.7. The number of aryl methyl sites for hydroxylation is 1. The van der Waals surface area contributed by atoms with Crippen molar-refractivity contribution in [2.75, 3.05) is 5.73 Å². The van der Waals surface area contributed by atoms with Crippen LogP contribution in [0.15, 0.2) is 29.8 Å². The van der Waals surface area contributed by atoms with Gasteiger partial charge in [0.05, 0.1) is 5.69 Å². The first-order valence-electron chi connectivity index (χ1n) is 4.63. The van der Waals surface area contributed by atoms with E-state index in [1.807, 2.05) is 30.5 Å². The first-order valence-corrected chi connectivity index (χ1v) is 5.51. The Morgan fingerprint density at radius 1 is 1.47 bits per heavy atom. The largest absolute Gasteiger partial charge is 0.484 e. The third-order valence-electron chi connectivity index (χ3n) is 2.07. The molecule has 0 spiro atoms. The van der Waals surface area contributed by atoms with Crippen molar-refractivity contribution in [3.8, 4) is 5.75 Å². The Hall–Kier alpha value is -1.55. The molecule has 0 unspecified atom stereocenters. The second-order valence-corrected chi connectivity index (χ2v) is 4.19. The van der Waals surface area contributed by atoms with Crippen LogP contribution in [-0.4, -0.2) is 4.98 Å². The van der Waals surface area contributed by atoms with Crippen molar-refractivity contribution in [1.29, 1.82) is 0 Å². The summed E-state index contributed by atoms with van der Waals surface area (Å²) in [5, 5.41) is 2.89. The Labute approximate surface area is 92.5 Å². The van der Waals surface area contributed by atoms with Crippen molar-refractivity contribution in [3.05, 3.63) is 40.3 Å². The van der Waals surface area contributed by atoms with Gasteiger partial charge in [-0.3, -0.25) is 0 Å². The molecule has 0 radical (unpaired) electrons. The SMILES string of the molecule is Cc1cccc(N)c1OCc1nccs1. The number of nitrogen functional groups attached to an aromatic ring is 1. The lowest BCUT2D eigenvalue weighted by Gasteiger charge is -2.09. The van der Waals surface area contributed by atoms with Gasteiger partial charge in [-0.25, -0.2) is 4.98 Å². The van der Waals surface area contributed by atoms with Crippen molar-refractivity contribution >= 4 is 17.0 Å². The molecule has 2 rings (SSSR count). The highest BCUT2D eigenvalue weighted by molar-refractivity contribution is 7.09. The molecular weight excluding hydrogens is 208 g/mol. The Morgan fingerprint density at radius 2 is 2.33 bits per heavy atom. The predicted octanol–water partition coefficient (Wildman–Crippen LogP) is 2.61. The van der Waals surface area contributed by atoms with E-state index in [0.717, 1.165) is 16.3 Å². The highest BCUT2D eigenvalue weighted by atomic mass is 32.1. The van der Waals surface area contributed by atoms with Gasteiger partial charge in [0.1, 0.15) is 17.4 Å². The maximum absolute atomic E-state index is 5.82. The first kappa shape index (κ1) is 9.98. The molecule has 4 heteroatoms. The minimum Gasteiger partial charge on any atom is -0.484 e. The summed E-state index contributed by atoms with van der Waals surface area (Å²) < 4.78 is 5.63. The fourth-order valence-electron chi connectivity index (χ4n) is 1.33. The van der Waals surface area contributed by atoms with Crippen LogP contribution in [0.1, 0.15) is 10.6 Å².